The van der Waals surface area contributed by atoms with Crippen LogP contribution in [0.25, 0.3) is 0 Å². The third-order valence-corrected chi connectivity index (χ3v) is 17.5. The van der Waals surface area contributed by atoms with Crippen LogP contribution in [-0.2, 0) is 33.2 Å². The second kappa shape index (κ2) is 53.4. The molecule has 0 aromatic heterocycles. The van der Waals surface area contributed by atoms with Crippen LogP contribution in [0.2, 0.25) is 0 Å². The van der Waals surface area contributed by atoms with Gasteiger partial charge in [0, 0.05) is 6.42 Å². The van der Waals surface area contributed by atoms with Crippen LogP contribution < -0.4 is 5.32 Å². The molecule has 0 bridgehead atoms. The number of carbonyl (C=O) groups excluding carboxylic acids is 1. The normalized spacial score (nSPS) is 28.3. The maximum atomic E-state index is 13.4. The van der Waals surface area contributed by atoms with Crippen molar-refractivity contribution in [2.75, 3.05) is 26.4 Å². The van der Waals surface area contributed by atoms with Gasteiger partial charge in [-0.3, -0.25) is 4.79 Å². The second-order valence-corrected chi connectivity index (χ2v) is 25.3. The molecule has 528 valence electrons. The van der Waals surface area contributed by atoms with E-state index in [1.54, 1.807) is 0 Å². The maximum absolute atomic E-state index is 13.4. The first kappa shape index (κ1) is 82.5. The summed E-state index contributed by atoms with van der Waals surface area (Å²) in [5, 5.41) is 121. The van der Waals surface area contributed by atoms with Crippen LogP contribution >= 0.6 is 0 Å². The third-order valence-electron chi connectivity index (χ3n) is 17.5. The number of unbranched alkanes of at least 4 members (excludes halogenated alkanes) is 26. The first-order chi connectivity index (χ1) is 44.3. The molecule has 0 radical (unpaired) electrons. The Bertz CT molecular complexity index is 1930. The fraction of sp³-hybridized carbons (Fsp3) is 0.819. The largest absolute Gasteiger partial charge is 0.394 e. The molecule has 1 amide bonds. The van der Waals surface area contributed by atoms with Gasteiger partial charge in [-0.2, -0.15) is 0 Å². The Morgan fingerprint density at radius 3 is 1.16 bits per heavy atom. The molecule has 3 aliphatic rings. The van der Waals surface area contributed by atoms with Gasteiger partial charge in [-0.25, -0.2) is 0 Å². The first-order valence-corrected chi connectivity index (χ1v) is 35.7. The highest BCUT2D eigenvalue weighted by atomic mass is 16.8. The first-order valence-electron chi connectivity index (χ1n) is 35.7. The number of nitrogens with one attached hydrogen (secondary N) is 1. The molecule has 3 saturated heterocycles. The molecular formula is C72H127NO18. The smallest absolute Gasteiger partial charge is 0.220 e. The minimum absolute atomic E-state index is 0.208. The summed E-state index contributed by atoms with van der Waals surface area (Å²) in [6.07, 6.45) is 39.8. The molecule has 3 heterocycles. The van der Waals surface area contributed by atoms with Crippen molar-refractivity contribution in [3.05, 3.63) is 72.9 Å². The molecular weight excluding hydrogens is 1170 g/mol. The lowest BCUT2D eigenvalue weighted by molar-refractivity contribution is -0.379. The van der Waals surface area contributed by atoms with Gasteiger partial charge in [-0.1, -0.05) is 247 Å². The molecule has 0 spiro atoms. The lowest BCUT2D eigenvalue weighted by Crippen LogP contribution is -2.66. The molecule has 17 atom stereocenters. The van der Waals surface area contributed by atoms with Crippen LogP contribution in [0.1, 0.15) is 245 Å². The Morgan fingerprint density at radius 2 is 0.758 bits per heavy atom. The number of aliphatic hydroxyl groups is 11. The van der Waals surface area contributed by atoms with E-state index in [0.29, 0.717) is 19.3 Å². The minimum atomic E-state index is -1.98. The molecule has 19 nitrogen and oxygen atoms in total. The summed E-state index contributed by atoms with van der Waals surface area (Å²) >= 11 is 0. The fourth-order valence-electron chi connectivity index (χ4n) is 11.8. The molecule has 91 heavy (non-hydrogen) atoms. The fourth-order valence-corrected chi connectivity index (χ4v) is 11.8. The number of ether oxygens (including phenoxy) is 6. The predicted octanol–water partition coefficient (Wildman–Crippen LogP) is 9.72. The number of carbonyl (C=O) groups is 1. The van der Waals surface area contributed by atoms with Crippen LogP contribution in [0.4, 0.5) is 0 Å². The number of amides is 1. The average Bonchev–Trinajstić information content (AvgIpc) is 0.883. The Morgan fingerprint density at radius 1 is 0.407 bits per heavy atom. The Hall–Kier alpha value is -2.77. The summed E-state index contributed by atoms with van der Waals surface area (Å²) in [6.45, 7) is 1.67. The summed E-state index contributed by atoms with van der Waals surface area (Å²) in [6, 6.07) is -0.916. The van der Waals surface area contributed by atoms with Crippen LogP contribution in [0.5, 0.6) is 0 Å². The van der Waals surface area contributed by atoms with E-state index in [-0.39, 0.29) is 18.9 Å². The molecule has 3 aliphatic heterocycles. The molecule has 12 N–H and O–H groups in total. The van der Waals surface area contributed by atoms with Crippen molar-refractivity contribution in [2.45, 2.75) is 349 Å². The topological polar surface area (TPSA) is 307 Å². The molecule has 0 aromatic rings. The van der Waals surface area contributed by atoms with Crippen molar-refractivity contribution in [1.82, 2.24) is 5.32 Å². The van der Waals surface area contributed by atoms with Gasteiger partial charge in [0.25, 0.3) is 0 Å². The van der Waals surface area contributed by atoms with E-state index in [1.165, 1.54) is 135 Å². The predicted molar refractivity (Wildman–Crippen MR) is 355 cm³/mol. The van der Waals surface area contributed by atoms with Crippen molar-refractivity contribution < 1.29 is 89.4 Å². The third kappa shape index (κ3) is 35.2. The summed E-state index contributed by atoms with van der Waals surface area (Å²) in [5.41, 5.74) is 0. The zero-order valence-electron chi connectivity index (χ0n) is 55.8. The zero-order chi connectivity index (χ0) is 66.1. The van der Waals surface area contributed by atoms with Gasteiger partial charge in [0.1, 0.15) is 73.2 Å². The van der Waals surface area contributed by atoms with Crippen LogP contribution in [0, 0.1) is 0 Å². The van der Waals surface area contributed by atoms with Gasteiger partial charge in [-0.15, -0.1) is 0 Å². The van der Waals surface area contributed by atoms with E-state index in [9.17, 15) is 61.0 Å². The highest BCUT2D eigenvalue weighted by Crippen LogP contribution is 2.33. The minimum Gasteiger partial charge on any atom is -0.394 e. The van der Waals surface area contributed by atoms with Crippen LogP contribution in [0.3, 0.4) is 0 Å². The second-order valence-electron chi connectivity index (χ2n) is 25.3. The van der Waals surface area contributed by atoms with Crippen molar-refractivity contribution in [3.63, 3.8) is 0 Å². The van der Waals surface area contributed by atoms with Gasteiger partial charge in [0.2, 0.25) is 5.91 Å². The van der Waals surface area contributed by atoms with E-state index in [1.807, 2.05) is 0 Å². The van der Waals surface area contributed by atoms with E-state index in [4.69, 9.17) is 28.4 Å². The van der Waals surface area contributed by atoms with Gasteiger partial charge < -0.3 is 89.9 Å². The molecule has 0 saturated carbocycles. The zero-order valence-corrected chi connectivity index (χ0v) is 55.8. The van der Waals surface area contributed by atoms with E-state index in [2.05, 4.69) is 92.1 Å². The molecule has 3 fully saturated rings. The molecule has 19 heteroatoms. The Labute approximate surface area is 547 Å². The van der Waals surface area contributed by atoms with Crippen molar-refractivity contribution >= 4 is 5.91 Å². The summed E-state index contributed by atoms with van der Waals surface area (Å²) in [7, 11) is 0. The van der Waals surface area contributed by atoms with Crippen molar-refractivity contribution in [1.29, 1.82) is 0 Å². The Balaban J connectivity index is 1.44. The summed E-state index contributed by atoms with van der Waals surface area (Å²) in [4.78, 5) is 13.4. The van der Waals surface area contributed by atoms with E-state index >= 15 is 0 Å². The average molecular weight is 1290 g/mol. The van der Waals surface area contributed by atoms with Crippen LogP contribution in [0.15, 0.2) is 72.9 Å². The highest BCUT2D eigenvalue weighted by molar-refractivity contribution is 5.76. The summed E-state index contributed by atoms with van der Waals surface area (Å²) in [5.74, 6) is -0.285. The maximum Gasteiger partial charge on any atom is 0.220 e. The summed E-state index contributed by atoms with van der Waals surface area (Å²) < 4.78 is 34.4. The molecule has 0 aliphatic carbocycles. The number of hydrogen-bond donors (Lipinski definition) is 12. The van der Waals surface area contributed by atoms with Crippen molar-refractivity contribution in [2.24, 2.45) is 0 Å². The van der Waals surface area contributed by atoms with Gasteiger partial charge in [0.05, 0.1) is 38.6 Å². The molecule has 3 rings (SSSR count). The lowest BCUT2D eigenvalue weighted by atomic mass is 9.96. The van der Waals surface area contributed by atoms with Gasteiger partial charge in [-0.05, 0) is 64.2 Å². The van der Waals surface area contributed by atoms with Gasteiger partial charge in [0.15, 0.2) is 18.9 Å². The Kier molecular flexibility index (Phi) is 48.4. The number of hydrogen-bond acceptors (Lipinski definition) is 18. The molecule has 0 aromatic carbocycles. The SMILES string of the molecule is CC/C=C\C/C=C\C/C=C\C/C=C\C/C=C\C/C=C\CCCCC(=O)NC(COC1OC(CO)C(OC2OC(CO)C(OC3OC(CO)C(O)C(O)C3O)C(O)C2O)C(O)C1O)C(O)CCCCCCCCCCCCCCCCCCCCCCCCCCC. The molecule has 17 unspecified atom stereocenters. The quantitative estimate of drug-likeness (QED) is 0.0199. The number of allylic oxidation sites excluding steroid dienone is 12. The van der Waals surface area contributed by atoms with E-state index in [0.717, 1.165) is 70.6 Å². The van der Waals surface area contributed by atoms with Crippen LogP contribution in [-0.4, -0.2) is 193 Å². The van der Waals surface area contributed by atoms with E-state index < -0.39 is 124 Å². The standard InChI is InChI=1S/C72H127NO18/c1-3-5-7-9-11-13-15-17-19-21-23-25-26-27-28-30-31-33-35-37-39-41-43-45-47-49-56(77)55(73-60(78)50-48-46-44-42-40-38-36-34-32-29-24-22-20-18-16-14-12-10-8-6-4-2)54-86-70-66(84)63(81)68(58(52-75)88-70)91-72-67(85)64(82)69(59(53-76)89-72)90-71-65(83)62(80)61(79)57(51-74)87-71/h6,8,12,14,18,20,24,29,34,36,40,42,55-59,61-72,74-77,79-85H,3-5,7,9-11,13,15-17,19,21-23,25-28,30-33,35,37-39,41,43-54H2,1-2H3,(H,73,78)/b8-6-,14-12-,20-18-,29-24-,36-34-,42-40-. The highest BCUT2D eigenvalue weighted by Gasteiger charge is 2.53. The number of rotatable bonds is 54. The monoisotopic (exact) mass is 1290 g/mol. The van der Waals surface area contributed by atoms with Gasteiger partial charge >= 0.3 is 0 Å². The number of aliphatic hydroxyl groups excluding tert-OH is 11. The lowest BCUT2D eigenvalue weighted by Gasteiger charge is -2.48. The van der Waals surface area contributed by atoms with Crippen molar-refractivity contribution in [3.8, 4) is 0 Å².